The molecule has 6 heteroatoms. The molecular formula is C15H17N5O. The van der Waals surface area contributed by atoms with Crippen LogP contribution in [-0.4, -0.2) is 31.2 Å². The fourth-order valence-electron chi connectivity index (χ4n) is 1.89. The monoisotopic (exact) mass is 283 g/mol. The Balaban J connectivity index is 2.39. The van der Waals surface area contributed by atoms with Crippen LogP contribution in [-0.2, 0) is 11.3 Å². The molecule has 1 heterocycles. The van der Waals surface area contributed by atoms with Gasteiger partial charge in [-0.15, -0.1) is 0 Å². The van der Waals surface area contributed by atoms with Crippen LogP contribution in [0.2, 0.25) is 0 Å². The maximum absolute atomic E-state index is 8.99. The minimum Gasteiger partial charge on any atom is -0.377 e. The summed E-state index contributed by atoms with van der Waals surface area (Å²) in [7, 11) is 5.31. The van der Waals surface area contributed by atoms with E-state index in [1.807, 2.05) is 36.2 Å². The van der Waals surface area contributed by atoms with E-state index in [2.05, 4.69) is 21.4 Å². The van der Waals surface area contributed by atoms with Crippen molar-refractivity contribution >= 4 is 17.3 Å². The third kappa shape index (κ3) is 3.46. The summed E-state index contributed by atoms with van der Waals surface area (Å²) < 4.78 is 5.09. The van der Waals surface area contributed by atoms with Crippen LogP contribution in [0.3, 0.4) is 0 Å². The highest BCUT2D eigenvalue weighted by atomic mass is 16.5. The van der Waals surface area contributed by atoms with Gasteiger partial charge in [0.1, 0.15) is 18.2 Å². The topological polar surface area (TPSA) is 74.1 Å². The highest BCUT2D eigenvalue weighted by Crippen LogP contribution is 2.24. The van der Waals surface area contributed by atoms with E-state index in [0.717, 1.165) is 17.3 Å². The van der Waals surface area contributed by atoms with Crippen molar-refractivity contribution in [2.24, 2.45) is 0 Å². The zero-order chi connectivity index (χ0) is 15.2. The number of anilines is 3. The maximum atomic E-state index is 8.99. The number of rotatable bonds is 5. The van der Waals surface area contributed by atoms with E-state index in [9.17, 15) is 0 Å². The number of benzene rings is 1. The molecule has 108 valence electrons. The number of methoxy groups -OCH3 is 1. The van der Waals surface area contributed by atoms with E-state index >= 15 is 0 Å². The van der Waals surface area contributed by atoms with Gasteiger partial charge in [0, 0.05) is 33.0 Å². The van der Waals surface area contributed by atoms with Crippen LogP contribution in [0.1, 0.15) is 11.4 Å². The van der Waals surface area contributed by atoms with Crippen molar-refractivity contribution in [1.29, 1.82) is 5.26 Å². The van der Waals surface area contributed by atoms with E-state index < -0.39 is 0 Å². The summed E-state index contributed by atoms with van der Waals surface area (Å²) in [6, 6.07) is 11.3. The molecule has 0 aliphatic rings. The number of aromatic nitrogens is 2. The Bertz CT molecular complexity index is 665. The lowest BCUT2D eigenvalue weighted by Crippen LogP contribution is -2.14. The van der Waals surface area contributed by atoms with E-state index in [4.69, 9.17) is 10.00 Å². The predicted molar refractivity (Wildman–Crippen MR) is 81.5 cm³/mol. The molecular weight excluding hydrogens is 266 g/mol. The molecule has 0 aliphatic carbocycles. The maximum Gasteiger partial charge on any atom is 0.158 e. The van der Waals surface area contributed by atoms with E-state index in [-0.39, 0.29) is 0 Å². The number of nitriles is 1. The minimum absolute atomic E-state index is 0.342. The first-order valence-corrected chi connectivity index (χ1v) is 6.46. The summed E-state index contributed by atoms with van der Waals surface area (Å²) in [5.41, 5.74) is 1.50. The normalized spacial score (nSPS) is 10.0. The molecule has 0 amide bonds. The van der Waals surface area contributed by atoms with Gasteiger partial charge in [-0.25, -0.2) is 9.97 Å². The van der Waals surface area contributed by atoms with Crippen molar-refractivity contribution in [2.45, 2.75) is 6.61 Å². The van der Waals surface area contributed by atoms with Crippen LogP contribution < -0.4 is 10.2 Å². The lowest BCUT2D eigenvalue weighted by atomic mass is 10.2. The van der Waals surface area contributed by atoms with Gasteiger partial charge in [-0.05, 0) is 18.2 Å². The first kappa shape index (κ1) is 14.8. The molecule has 0 bridgehead atoms. The molecule has 21 heavy (non-hydrogen) atoms. The van der Waals surface area contributed by atoms with Crippen molar-refractivity contribution in [2.75, 3.05) is 31.4 Å². The quantitative estimate of drug-likeness (QED) is 0.907. The molecule has 2 rings (SSSR count). The van der Waals surface area contributed by atoms with Gasteiger partial charge in [0.05, 0.1) is 11.6 Å². The first-order chi connectivity index (χ1) is 10.2. The van der Waals surface area contributed by atoms with Crippen LogP contribution >= 0.6 is 0 Å². The molecule has 0 radical (unpaired) electrons. The average molecular weight is 283 g/mol. The Morgan fingerprint density at radius 1 is 1.33 bits per heavy atom. The van der Waals surface area contributed by atoms with Gasteiger partial charge in [-0.3, -0.25) is 0 Å². The molecule has 0 saturated carbocycles. The molecule has 6 nitrogen and oxygen atoms in total. The second-order valence-corrected chi connectivity index (χ2v) is 4.43. The van der Waals surface area contributed by atoms with Crippen LogP contribution in [0.4, 0.5) is 17.3 Å². The van der Waals surface area contributed by atoms with Gasteiger partial charge in [0.15, 0.2) is 5.82 Å². The lowest BCUT2D eigenvalue weighted by molar-refractivity contribution is 0.178. The zero-order valence-electron chi connectivity index (χ0n) is 12.3. The van der Waals surface area contributed by atoms with Crippen molar-refractivity contribution in [3.05, 3.63) is 41.7 Å². The second kappa shape index (κ2) is 6.68. The summed E-state index contributed by atoms with van der Waals surface area (Å²) in [5.74, 6) is 2.05. The van der Waals surface area contributed by atoms with E-state index in [1.54, 1.807) is 20.2 Å². The van der Waals surface area contributed by atoms with Gasteiger partial charge in [-0.1, -0.05) is 6.07 Å². The SMILES string of the molecule is CNc1cc(N(C)c2cccc(C#N)c2)nc(COC)n1. The van der Waals surface area contributed by atoms with Gasteiger partial charge in [-0.2, -0.15) is 5.26 Å². The number of hydrogen-bond acceptors (Lipinski definition) is 6. The van der Waals surface area contributed by atoms with Gasteiger partial charge in [0.2, 0.25) is 0 Å². The fraction of sp³-hybridized carbons (Fsp3) is 0.267. The molecule has 0 fully saturated rings. The third-order valence-corrected chi connectivity index (χ3v) is 2.99. The Kier molecular flexibility index (Phi) is 4.69. The minimum atomic E-state index is 0.342. The van der Waals surface area contributed by atoms with Crippen molar-refractivity contribution < 1.29 is 4.74 Å². The molecule has 2 aromatic rings. The standard InChI is InChI=1S/C15H17N5O/c1-17-13-8-15(19-14(18-13)10-21-3)20(2)12-6-4-5-11(7-12)9-16/h4-8H,10H2,1-3H3,(H,17,18,19). The smallest absolute Gasteiger partial charge is 0.158 e. The average Bonchev–Trinajstić information content (AvgIpc) is 2.54. The Morgan fingerprint density at radius 2 is 2.14 bits per heavy atom. The molecule has 0 aliphatic heterocycles. The molecule has 1 N–H and O–H groups in total. The Labute approximate surface area is 124 Å². The highest BCUT2D eigenvalue weighted by molar-refractivity contribution is 5.63. The van der Waals surface area contributed by atoms with Crippen LogP contribution in [0, 0.1) is 11.3 Å². The highest BCUT2D eigenvalue weighted by Gasteiger charge is 2.10. The van der Waals surface area contributed by atoms with Crippen LogP contribution in [0.15, 0.2) is 30.3 Å². The van der Waals surface area contributed by atoms with Crippen molar-refractivity contribution in [3.8, 4) is 6.07 Å². The van der Waals surface area contributed by atoms with E-state index in [1.165, 1.54) is 0 Å². The summed E-state index contributed by atoms with van der Waals surface area (Å²) >= 11 is 0. The number of ether oxygens (including phenoxy) is 1. The second-order valence-electron chi connectivity index (χ2n) is 4.43. The number of hydrogen-bond donors (Lipinski definition) is 1. The molecule has 0 unspecified atom stereocenters. The number of nitrogens with zero attached hydrogens (tertiary/aromatic N) is 4. The molecule has 1 aromatic heterocycles. The van der Waals surface area contributed by atoms with E-state index in [0.29, 0.717) is 18.0 Å². The summed E-state index contributed by atoms with van der Waals surface area (Å²) in [4.78, 5) is 10.7. The molecule has 0 saturated heterocycles. The van der Waals surface area contributed by atoms with Crippen LogP contribution in [0.25, 0.3) is 0 Å². The van der Waals surface area contributed by atoms with Gasteiger partial charge < -0.3 is 15.0 Å². The fourth-order valence-corrected chi connectivity index (χ4v) is 1.89. The first-order valence-electron chi connectivity index (χ1n) is 6.46. The Hall–Kier alpha value is -2.65. The van der Waals surface area contributed by atoms with Gasteiger partial charge in [0.25, 0.3) is 0 Å². The summed E-state index contributed by atoms with van der Waals surface area (Å²) in [6.07, 6.45) is 0. The zero-order valence-corrected chi connectivity index (χ0v) is 12.3. The molecule has 0 spiro atoms. The number of nitrogens with one attached hydrogen (secondary N) is 1. The molecule has 0 atom stereocenters. The van der Waals surface area contributed by atoms with Crippen molar-refractivity contribution in [1.82, 2.24) is 9.97 Å². The van der Waals surface area contributed by atoms with Crippen LogP contribution in [0.5, 0.6) is 0 Å². The van der Waals surface area contributed by atoms with Crippen molar-refractivity contribution in [3.63, 3.8) is 0 Å². The molecule has 1 aromatic carbocycles. The predicted octanol–water partition coefficient (Wildman–Crippen LogP) is 2.30. The lowest BCUT2D eigenvalue weighted by Gasteiger charge is -2.19. The Morgan fingerprint density at radius 3 is 2.81 bits per heavy atom. The van der Waals surface area contributed by atoms with Gasteiger partial charge >= 0.3 is 0 Å². The summed E-state index contributed by atoms with van der Waals surface area (Å²) in [6.45, 7) is 0.342. The third-order valence-electron chi connectivity index (χ3n) is 2.99. The summed E-state index contributed by atoms with van der Waals surface area (Å²) in [5, 5.41) is 12.0. The largest absolute Gasteiger partial charge is 0.377 e.